The molecular formula is C13H8INO. The highest BCUT2D eigenvalue weighted by Crippen LogP contribution is 2.24. The summed E-state index contributed by atoms with van der Waals surface area (Å²) >= 11 is 2.25. The lowest BCUT2D eigenvalue weighted by Gasteiger charge is -2.04. The zero-order valence-corrected chi connectivity index (χ0v) is 10.5. The Morgan fingerprint density at radius 3 is 2.81 bits per heavy atom. The van der Waals surface area contributed by atoms with Crippen LogP contribution in [0.25, 0.3) is 21.7 Å². The van der Waals surface area contributed by atoms with E-state index >= 15 is 0 Å². The second-order valence-electron chi connectivity index (χ2n) is 3.67. The van der Waals surface area contributed by atoms with Crippen LogP contribution in [0.2, 0.25) is 0 Å². The van der Waals surface area contributed by atoms with Gasteiger partial charge in [-0.05, 0) is 46.2 Å². The van der Waals surface area contributed by atoms with E-state index in [1.165, 1.54) is 0 Å². The van der Waals surface area contributed by atoms with Crippen molar-refractivity contribution in [2.75, 3.05) is 0 Å². The van der Waals surface area contributed by atoms with Gasteiger partial charge in [-0.15, -0.1) is 0 Å². The number of halogens is 1. The number of hydrogen-bond donors (Lipinski definition) is 1. The predicted molar refractivity (Wildman–Crippen MR) is 74.8 cm³/mol. The van der Waals surface area contributed by atoms with Crippen molar-refractivity contribution in [3.63, 3.8) is 0 Å². The van der Waals surface area contributed by atoms with Crippen molar-refractivity contribution in [2.24, 2.45) is 0 Å². The van der Waals surface area contributed by atoms with E-state index in [4.69, 9.17) is 0 Å². The first-order chi connectivity index (χ1) is 7.77. The number of nitrogens with one attached hydrogen (secondary N) is 1. The van der Waals surface area contributed by atoms with Crippen LogP contribution in [-0.2, 0) is 0 Å². The molecule has 2 nitrogen and oxygen atoms in total. The molecule has 0 aliphatic rings. The first kappa shape index (κ1) is 9.84. The topological polar surface area (TPSA) is 32.9 Å². The minimum absolute atomic E-state index is 0.0727. The number of fused-ring (bicyclic) bond motifs is 3. The van der Waals surface area contributed by atoms with Crippen molar-refractivity contribution in [3.8, 4) is 0 Å². The Hall–Kier alpha value is -1.36. The van der Waals surface area contributed by atoms with Gasteiger partial charge < -0.3 is 4.98 Å². The summed E-state index contributed by atoms with van der Waals surface area (Å²) in [5.74, 6) is 0. The van der Waals surface area contributed by atoms with E-state index < -0.39 is 0 Å². The van der Waals surface area contributed by atoms with Gasteiger partial charge in [-0.2, -0.15) is 0 Å². The van der Waals surface area contributed by atoms with Crippen molar-refractivity contribution >= 4 is 44.3 Å². The molecule has 1 heterocycles. The average molecular weight is 321 g/mol. The summed E-state index contributed by atoms with van der Waals surface area (Å²) < 4.78 is 1.10. The van der Waals surface area contributed by atoms with Crippen molar-refractivity contribution in [2.45, 2.75) is 0 Å². The molecular weight excluding hydrogens is 313 g/mol. The number of pyridine rings is 1. The highest BCUT2D eigenvalue weighted by molar-refractivity contribution is 14.1. The van der Waals surface area contributed by atoms with Crippen molar-refractivity contribution in [1.82, 2.24) is 4.98 Å². The van der Waals surface area contributed by atoms with E-state index in [1.54, 1.807) is 6.07 Å². The van der Waals surface area contributed by atoms with Gasteiger partial charge in [-0.25, -0.2) is 0 Å². The number of rotatable bonds is 0. The van der Waals surface area contributed by atoms with Crippen LogP contribution in [0.1, 0.15) is 0 Å². The van der Waals surface area contributed by atoms with Gasteiger partial charge in [0.25, 0.3) is 0 Å². The fourth-order valence-electron chi connectivity index (χ4n) is 1.97. The highest BCUT2D eigenvalue weighted by Gasteiger charge is 2.06. The maximum Gasteiger partial charge on any atom is 0.188 e. The van der Waals surface area contributed by atoms with E-state index in [9.17, 15) is 4.79 Å². The molecule has 0 bridgehead atoms. The van der Waals surface area contributed by atoms with Crippen molar-refractivity contribution in [1.29, 1.82) is 0 Å². The van der Waals surface area contributed by atoms with Gasteiger partial charge in [0.2, 0.25) is 0 Å². The molecule has 0 saturated carbocycles. The molecule has 0 atom stereocenters. The van der Waals surface area contributed by atoms with Crippen LogP contribution in [0, 0.1) is 3.57 Å². The fraction of sp³-hybridized carbons (Fsp3) is 0. The first-order valence-corrected chi connectivity index (χ1v) is 6.04. The maximum atomic E-state index is 11.9. The lowest BCUT2D eigenvalue weighted by atomic mass is 10.1. The molecule has 0 aliphatic heterocycles. The normalized spacial score (nSPS) is 11.1. The summed E-state index contributed by atoms with van der Waals surface area (Å²) in [7, 11) is 0. The Morgan fingerprint density at radius 2 is 1.94 bits per heavy atom. The summed E-state index contributed by atoms with van der Waals surface area (Å²) in [6.45, 7) is 0. The van der Waals surface area contributed by atoms with E-state index in [1.807, 2.05) is 36.5 Å². The molecule has 0 unspecified atom stereocenters. The summed E-state index contributed by atoms with van der Waals surface area (Å²) in [5.41, 5.74) is 0.993. The lowest BCUT2D eigenvalue weighted by molar-refractivity contribution is 1.42. The van der Waals surface area contributed by atoms with Crippen LogP contribution in [0.15, 0.2) is 47.4 Å². The fourth-order valence-corrected chi connectivity index (χ4v) is 2.60. The van der Waals surface area contributed by atoms with Gasteiger partial charge in [0.05, 0.1) is 10.9 Å². The van der Waals surface area contributed by atoms with Crippen molar-refractivity contribution < 1.29 is 0 Å². The van der Waals surface area contributed by atoms with E-state index in [2.05, 4.69) is 27.6 Å². The van der Waals surface area contributed by atoms with Crippen LogP contribution in [0.4, 0.5) is 0 Å². The quantitative estimate of drug-likeness (QED) is 0.500. The third kappa shape index (κ3) is 1.35. The minimum Gasteiger partial charge on any atom is -0.361 e. The van der Waals surface area contributed by atoms with Gasteiger partial charge in [-0.3, -0.25) is 4.79 Å². The first-order valence-electron chi connectivity index (χ1n) is 4.96. The summed E-state index contributed by atoms with van der Waals surface area (Å²) in [5, 5.41) is 2.86. The van der Waals surface area contributed by atoms with Gasteiger partial charge >= 0.3 is 0 Å². The zero-order chi connectivity index (χ0) is 11.1. The molecule has 3 heteroatoms. The minimum atomic E-state index is 0.0727. The molecule has 0 aliphatic carbocycles. The molecule has 2 aromatic carbocycles. The molecule has 0 fully saturated rings. The summed E-state index contributed by atoms with van der Waals surface area (Å²) in [4.78, 5) is 15.1. The van der Waals surface area contributed by atoms with Crippen molar-refractivity contribution in [3.05, 3.63) is 56.4 Å². The molecule has 0 amide bonds. The van der Waals surface area contributed by atoms with Gasteiger partial charge in [0.15, 0.2) is 5.43 Å². The van der Waals surface area contributed by atoms with E-state index in [-0.39, 0.29) is 5.43 Å². The number of benzene rings is 2. The third-order valence-corrected chi connectivity index (χ3v) is 3.66. The monoisotopic (exact) mass is 321 g/mol. The number of hydrogen-bond acceptors (Lipinski definition) is 1. The van der Waals surface area contributed by atoms with Gasteiger partial charge in [0.1, 0.15) is 0 Å². The Balaban J connectivity index is 2.70. The number of H-pyrrole nitrogens is 1. The molecule has 0 saturated heterocycles. The van der Waals surface area contributed by atoms with E-state index in [0.29, 0.717) is 0 Å². The number of aromatic nitrogens is 1. The van der Waals surface area contributed by atoms with E-state index in [0.717, 1.165) is 25.2 Å². The molecule has 78 valence electrons. The maximum absolute atomic E-state index is 11.9. The van der Waals surface area contributed by atoms with Gasteiger partial charge in [-0.1, -0.05) is 18.2 Å². The molecule has 0 radical (unpaired) electrons. The van der Waals surface area contributed by atoms with Crippen LogP contribution < -0.4 is 5.43 Å². The van der Waals surface area contributed by atoms with Crippen LogP contribution in [-0.4, -0.2) is 4.98 Å². The molecule has 1 N–H and O–H groups in total. The van der Waals surface area contributed by atoms with Crippen LogP contribution in [0.3, 0.4) is 0 Å². The number of aromatic amines is 1. The SMILES string of the molecule is O=c1ccc(I)c2ccc3ccc[nH]c3c12. The smallest absolute Gasteiger partial charge is 0.188 e. The average Bonchev–Trinajstić information content (AvgIpc) is 2.33. The third-order valence-electron chi connectivity index (χ3n) is 2.72. The van der Waals surface area contributed by atoms with Crippen LogP contribution in [0.5, 0.6) is 0 Å². The van der Waals surface area contributed by atoms with Crippen LogP contribution >= 0.6 is 22.6 Å². The molecule has 3 rings (SSSR count). The highest BCUT2D eigenvalue weighted by atomic mass is 127. The lowest BCUT2D eigenvalue weighted by Crippen LogP contribution is -2.01. The Morgan fingerprint density at radius 1 is 1.06 bits per heavy atom. The summed E-state index contributed by atoms with van der Waals surface area (Å²) in [6.07, 6.45) is 1.85. The molecule has 3 aromatic rings. The standard InChI is InChI=1S/C13H8INO/c14-10-5-6-11(16)12-9(10)4-3-8-2-1-7-15-13(8)12/h1-7,15H. The Bertz CT molecular complexity index is 746. The second-order valence-corrected chi connectivity index (χ2v) is 4.83. The Kier molecular flexibility index (Phi) is 2.21. The Labute approximate surface area is 105 Å². The summed E-state index contributed by atoms with van der Waals surface area (Å²) in [6, 6.07) is 11.5. The molecule has 0 spiro atoms. The second kappa shape index (κ2) is 3.59. The van der Waals surface area contributed by atoms with Gasteiger partial charge in [0, 0.05) is 15.2 Å². The zero-order valence-electron chi connectivity index (χ0n) is 8.33. The molecule has 1 aromatic heterocycles. The predicted octanol–water partition coefficient (Wildman–Crippen LogP) is 3.29. The molecule has 16 heavy (non-hydrogen) atoms. The largest absolute Gasteiger partial charge is 0.361 e.